The molecular weight excluding hydrogens is 230 g/mol. The summed E-state index contributed by atoms with van der Waals surface area (Å²) in [6, 6.07) is 7.79. The molecule has 2 N–H and O–H groups in total. The largest absolute Gasteiger partial charge is 0.490 e. The van der Waals surface area contributed by atoms with Gasteiger partial charge in [-0.15, -0.1) is 0 Å². The zero-order chi connectivity index (χ0) is 12.1. The summed E-state index contributed by atoms with van der Waals surface area (Å²) in [7, 11) is 0. The predicted molar refractivity (Wildman–Crippen MR) is 74.4 cm³/mol. The van der Waals surface area contributed by atoms with Crippen molar-refractivity contribution in [2.24, 2.45) is 5.73 Å². The van der Waals surface area contributed by atoms with Crippen LogP contribution in [0.15, 0.2) is 24.3 Å². The Morgan fingerprint density at radius 1 is 1.12 bits per heavy atom. The monoisotopic (exact) mass is 249 g/mol. The van der Waals surface area contributed by atoms with Crippen LogP contribution in [0.5, 0.6) is 5.75 Å². The summed E-state index contributed by atoms with van der Waals surface area (Å²) in [5.74, 6) is 0.840. The van der Waals surface area contributed by atoms with Crippen LogP contribution in [-0.4, -0.2) is 11.1 Å². The van der Waals surface area contributed by atoms with Crippen molar-refractivity contribution >= 4 is 17.2 Å². The van der Waals surface area contributed by atoms with Crippen molar-refractivity contribution in [2.75, 3.05) is 0 Å². The van der Waals surface area contributed by atoms with Crippen molar-refractivity contribution in [3.63, 3.8) is 0 Å². The minimum atomic E-state index is 0.327. The topological polar surface area (TPSA) is 35.2 Å². The normalized spacial score (nSPS) is 17.4. The SMILES string of the molecule is NC(=S)c1ccccc1OC1CCCCCC1. The lowest BCUT2D eigenvalue weighted by atomic mass is 10.1. The Kier molecular flexibility index (Phi) is 4.37. The summed E-state index contributed by atoms with van der Waals surface area (Å²) in [6.07, 6.45) is 7.80. The highest BCUT2D eigenvalue weighted by atomic mass is 32.1. The predicted octanol–water partition coefficient (Wildman–Crippen LogP) is 3.42. The van der Waals surface area contributed by atoms with E-state index in [1.54, 1.807) is 0 Å². The van der Waals surface area contributed by atoms with Gasteiger partial charge in [0, 0.05) is 0 Å². The Bertz CT molecular complexity index is 384. The number of thiocarbonyl (C=S) groups is 1. The molecule has 2 rings (SSSR count). The molecule has 17 heavy (non-hydrogen) atoms. The average molecular weight is 249 g/mol. The summed E-state index contributed by atoms with van der Waals surface area (Å²) >= 11 is 5.04. The number of ether oxygens (including phenoxy) is 1. The minimum Gasteiger partial charge on any atom is -0.490 e. The molecule has 3 heteroatoms. The number of hydrogen-bond acceptors (Lipinski definition) is 2. The fraction of sp³-hybridized carbons (Fsp3) is 0.500. The molecule has 1 saturated carbocycles. The van der Waals surface area contributed by atoms with Crippen molar-refractivity contribution in [1.82, 2.24) is 0 Å². The third-order valence-electron chi connectivity index (χ3n) is 3.25. The van der Waals surface area contributed by atoms with E-state index in [2.05, 4.69) is 0 Å². The van der Waals surface area contributed by atoms with Crippen molar-refractivity contribution in [3.05, 3.63) is 29.8 Å². The summed E-state index contributed by atoms with van der Waals surface area (Å²) in [5, 5.41) is 0. The fourth-order valence-electron chi connectivity index (χ4n) is 2.31. The van der Waals surface area contributed by atoms with E-state index in [1.807, 2.05) is 24.3 Å². The fourth-order valence-corrected chi connectivity index (χ4v) is 2.48. The molecule has 0 heterocycles. The van der Waals surface area contributed by atoms with Gasteiger partial charge in [-0.1, -0.05) is 37.2 Å². The second-order valence-corrected chi connectivity index (χ2v) is 5.03. The zero-order valence-corrected chi connectivity index (χ0v) is 10.8. The quantitative estimate of drug-likeness (QED) is 0.658. The maximum atomic E-state index is 6.06. The van der Waals surface area contributed by atoms with E-state index >= 15 is 0 Å². The molecule has 0 amide bonds. The van der Waals surface area contributed by atoms with E-state index < -0.39 is 0 Å². The van der Waals surface area contributed by atoms with Crippen LogP contribution in [0.25, 0.3) is 0 Å². The van der Waals surface area contributed by atoms with Crippen LogP contribution in [0.3, 0.4) is 0 Å². The first-order chi connectivity index (χ1) is 8.27. The van der Waals surface area contributed by atoms with Crippen LogP contribution < -0.4 is 10.5 Å². The molecule has 2 nitrogen and oxygen atoms in total. The Morgan fingerprint density at radius 3 is 2.41 bits per heavy atom. The summed E-state index contributed by atoms with van der Waals surface area (Å²) in [6.45, 7) is 0. The van der Waals surface area contributed by atoms with Gasteiger partial charge in [0.25, 0.3) is 0 Å². The maximum Gasteiger partial charge on any atom is 0.129 e. The van der Waals surface area contributed by atoms with Gasteiger partial charge in [-0.05, 0) is 37.8 Å². The third-order valence-corrected chi connectivity index (χ3v) is 3.47. The molecule has 0 bridgehead atoms. The second-order valence-electron chi connectivity index (χ2n) is 4.59. The second kappa shape index (κ2) is 6.01. The molecule has 1 aromatic rings. The Balaban J connectivity index is 2.09. The van der Waals surface area contributed by atoms with E-state index in [9.17, 15) is 0 Å². The molecule has 0 radical (unpaired) electrons. The molecule has 1 fully saturated rings. The Labute approximate surface area is 108 Å². The molecule has 0 atom stereocenters. The van der Waals surface area contributed by atoms with Gasteiger partial charge in [-0.25, -0.2) is 0 Å². The Morgan fingerprint density at radius 2 is 1.76 bits per heavy atom. The van der Waals surface area contributed by atoms with Crippen molar-refractivity contribution in [2.45, 2.75) is 44.6 Å². The first-order valence-electron chi connectivity index (χ1n) is 6.33. The molecule has 0 aromatic heterocycles. The van der Waals surface area contributed by atoms with E-state index in [0.29, 0.717) is 11.1 Å². The smallest absolute Gasteiger partial charge is 0.129 e. The van der Waals surface area contributed by atoms with Crippen LogP contribution in [0.1, 0.15) is 44.1 Å². The van der Waals surface area contributed by atoms with Crippen molar-refractivity contribution in [3.8, 4) is 5.75 Å². The molecule has 0 spiro atoms. The molecule has 0 aliphatic heterocycles. The van der Waals surface area contributed by atoms with Crippen LogP contribution in [0, 0.1) is 0 Å². The van der Waals surface area contributed by atoms with Gasteiger partial charge < -0.3 is 10.5 Å². The maximum absolute atomic E-state index is 6.06. The van der Waals surface area contributed by atoms with Crippen molar-refractivity contribution < 1.29 is 4.74 Å². The van der Waals surface area contributed by atoms with Gasteiger partial charge >= 0.3 is 0 Å². The van der Waals surface area contributed by atoms with Gasteiger partial charge in [0.15, 0.2) is 0 Å². The summed E-state index contributed by atoms with van der Waals surface area (Å²) < 4.78 is 6.06. The van der Waals surface area contributed by atoms with E-state index in [4.69, 9.17) is 22.7 Å². The highest BCUT2D eigenvalue weighted by molar-refractivity contribution is 7.80. The lowest BCUT2D eigenvalue weighted by molar-refractivity contribution is 0.183. The van der Waals surface area contributed by atoms with Gasteiger partial charge in [0.05, 0.1) is 11.7 Å². The van der Waals surface area contributed by atoms with Gasteiger partial charge in [0.1, 0.15) is 10.7 Å². The summed E-state index contributed by atoms with van der Waals surface area (Å²) in [4.78, 5) is 0.411. The van der Waals surface area contributed by atoms with Gasteiger partial charge in [0.2, 0.25) is 0 Å². The highest BCUT2D eigenvalue weighted by Gasteiger charge is 2.15. The average Bonchev–Trinajstić information content (AvgIpc) is 2.58. The van der Waals surface area contributed by atoms with E-state index in [-0.39, 0.29) is 0 Å². The molecular formula is C14H19NOS. The first-order valence-corrected chi connectivity index (χ1v) is 6.73. The molecule has 1 aliphatic carbocycles. The number of benzene rings is 1. The number of rotatable bonds is 3. The standard InChI is InChI=1S/C14H19NOS/c15-14(17)12-9-5-6-10-13(12)16-11-7-3-1-2-4-8-11/h5-6,9-11H,1-4,7-8H2,(H2,15,17). The lowest BCUT2D eigenvalue weighted by Crippen LogP contribution is -2.18. The minimum absolute atomic E-state index is 0.327. The molecule has 92 valence electrons. The number of hydrogen-bond donors (Lipinski definition) is 1. The van der Waals surface area contributed by atoms with Crippen LogP contribution in [-0.2, 0) is 0 Å². The molecule has 0 saturated heterocycles. The van der Waals surface area contributed by atoms with Crippen LogP contribution in [0.2, 0.25) is 0 Å². The van der Waals surface area contributed by atoms with Crippen molar-refractivity contribution in [1.29, 1.82) is 0 Å². The first kappa shape index (κ1) is 12.4. The molecule has 0 unspecified atom stereocenters. The van der Waals surface area contributed by atoms with Crippen LogP contribution in [0.4, 0.5) is 0 Å². The molecule has 1 aliphatic rings. The molecule has 1 aromatic carbocycles. The van der Waals surface area contributed by atoms with Crippen LogP contribution >= 0.6 is 12.2 Å². The highest BCUT2D eigenvalue weighted by Crippen LogP contribution is 2.25. The van der Waals surface area contributed by atoms with E-state index in [0.717, 1.165) is 24.2 Å². The zero-order valence-electron chi connectivity index (χ0n) is 10.0. The third kappa shape index (κ3) is 3.43. The lowest BCUT2D eigenvalue weighted by Gasteiger charge is -2.19. The van der Waals surface area contributed by atoms with Gasteiger partial charge in [-0.3, -0.25) is 0 Å². The number of nitrogens with two attached hydrogens (primary N) is 1. The Hall–Kier alpha value is -1.09. The summed E-state index contributed by atoms with van der Waals surface area (Å²) in [5.41, 5.74) is 6.56. The van der Waals surface area contributed by atoms with E-state index in [1.165, 1.54) is 25.7 Å². The number of para-hydroxylation sites is 1. The van der Waals surface area contributed by atoms with Gasteiger partial charge in [-0.2, -0.15) is 0 Å².